The van der Waals surface area contributed by atoms with Gasteiger partial charge in [-0.1, -0.05) is 53.6 Å². The molecule has 3 aliphatic rings. The van der Waals surface area contributed by atoms with E-state index in [1.165, 1.54) is 0 Å². The van der Waals surface area contributed by atoms with Gasteiger partial charge in [-0.25, -0.2) is 4.79 Å². The summed E-state index contributed by atoms with van der Waals surface area (Å²) in [5, 5.41) is 2.67. The molecule has 4 aromatic rings. The van der Waals surface area contributed by atoms with Crippen LogP contribution in [0.3, 0.4) is 0 Å². The minimum atomic E-state index is -4.26. The van der Waals surface area contributed by atoms with Crippen LogP contribution in [0.25, 0.3) is 27.4 Å². The second kappa shape index (κ2) is 10.9. The van der Waals surface area contributed by atoms with E-state index in [4.69, 9.17) is 11.6 Å². The first-order valence-electron chi connectivity index (χ1n) is 15.1. The third-order valence-corrected chi connectivity index (χ3v) is 10.1. The standard InChI is InChI=1S/C34H33ClF3N3O2/c35-28-5-3-4-21-8-9-25-26(32(21)28)11-10-24-22(16-20(17-27(24)25)19-34(36,37)38)18-31(42)40-14-12-23(13-15-40)41-30-7-2-1-6-29(30)39-33(41)43/h1-9,20,22-23H,10-19H2,(H,39,43). The van der Waals surface area contributed by atoms with Crippen molar-refractivity contribution < 1.29 is 18.0 Å². The number of piperidine rings is 1. The Morgan fingerprint density at radius 1 is 1.00 bits per heavy atom. The molecule has 1 aromatic heterocycles. The number of rotatable bonds is 4. The Balaban J connectivity index is 1.13. The Hall–Kier alpha value is -3.52. The molecule has 0 radical (unpaired) electrons. The van der Waals surface area contributed by atoms with Crippen molar-refractivity contribution in [1.82, 2.24) is 14.5 Å². The number of benzene rings is 3. The fourth-order valence-electron chi connectivity index (χ4n) is 7.98. The van der Waals surface area contributed by atoms with Gasteiger partial charge in [0.25, 0.3) is 0 Å². The van der Waals surface area contributed by atoms with Gasteiger partial charge in [0.2, 0.25) is 5.91 Å². The molecule has 2 heterocycles. The Labute approximate surface area is 252 Å². The summed E-state index contributed by atoms with van der Waals surface area (Å²) in [7, 11) is 0. The lowest BCUT2D eigenvalue weighted by molar-refractivity contribution is -0.145. The molecule has 2 aliphatic carbocycles. The number of para-hydroxylation sites is 2. The van der Waals surface area contributed by atoms with Crippen molar-refractivity contribution in [1.29, 1.82) is 0 Å². The number of imidazole rings is 1. The molecule has 3 aromatic carbocycles. The van der Waals surface area contributed by atoms with E-state index >= 15 is 0 Å². The molecule has 1 aliphatic heterocycles. The van der Waals surface area contributed by atoms with E-state index in [1.54, 1.807) is 4.57 Å². The van der Waals surface area contributed by atoms with Gasteiger partial charge in [0.1, 0.15) is 0 Å². The summed E-state index contributed by atoms with van der Waals surface area (Å²) in [5.74, 6) is -0.793. The summed E-state index contributed by atoms with van der Waals surface area (Å²) in [4.78, 5) is 31.1. The maximum atomic E-state index is 13.7. The summed E-state index contributed by atoms with van der Waals surface area (Å²) >= 11 is 6.61. The van der Waals surface area contributed by atoms with Crippen LogP contribution in [-0.2, 0) is 11.2 Å². The maximum Gasteiger partial charge on any atom is 0.389 e. The number of H-pyrrole nitrogens is 1. The zero-order valence-corrected chi connectivity index (χ0v) is 24.5. The number of fused-ring (bicyclic) bond motifs is 5. The van der Waals surface area contributed by atoms with Gasteiger partial charge in [-0.15, -0.1) is 0 Å². The van der Waals surface area contributed by atoms with E-state index in [0.717, 1.165) is 56.9 Å². The molecule has 9 heteroatoms. The molecule has 1 fully saturated rings. The molecule has 224 valence electrons. The number of nitrogens with zero attached hydrogens (tertiary/aromatic N) is 2. The second-order valence-electron chi connectivity index (χ2n) is 12.4. The topological polar surface area (TPSA) is 58.1 Å². The van der Waals surface area contributed by atoms with E-state index in [0.29, 0.717) is 43.8 Å². The SMILES string of the molecule is O=C(CC1CC(CC(F)(F)F)CC2=C1CCc1c2ccc2cccc(Cl)c12)N1CCC(n2c(=O)[nH]c3ccccc32)CC1. The first kappa shape index (κ1) is 28.3. The van der Waals surface area contributed by atoms with Crippen LogP contribution in [0.2, 0.25) is 5.02 Å². The monoisotopic (exact) mass is 607 g/mol. The third-order valence-electron chi connectivity index (χ3n) is 9.81. The smallest absolute Gasteiger partial charge is 0.343 e. The van der Waals surface area contributed by atoms with Crippen LogP contribution < -0.4 is 5.69 Å². The number of allylic oxidation sites excluding steroid dienone is 2. The molecule has 0 saturated carbocycles. The van der Waals surface area contributed by atoms with Gasteiger partial charge in [-0.2, -0.15) is 13.2 Å². The average molecular weight is 608 g/mol. The highest BCUT2D eigenvalue weighted by Gasteiger charge is 2.40. The van der Waals surface area contributed by atoms with Crippen LogP contribution in [0.1, 0.15) is 62.1 Å². The number of aryl methyl sites for hydroxylation is 1. The average Bonchev–Trinajstić information content (AvgIpc) is 3.31. The van der Waals surface area contributed by atoms with Crippen LogP contribution in [-0.4, -0.2) is 39.6 Å². The Bertz CT molecular complexity index is 1810. The van der Waals surface area contributed by atoms with E-state index in [2.05, 4.69) is 4.98 Å². The summed E-state index contributed by atoms with van der Waals surface area (Å²) in [6.07, 6.45) is -1.35. The molecule has 0 bridgehead atoms. The predicted molar refractivity (Wildman–Crippen MR) is 163 cm³/mol. The van der Waals surface area contributed by atoms with E-state index < -0.39 is 18.5 Å². The molecule has 0 spiro atoms. The number of alkyl halides is 3. The minimum Gasteiger partial charge on any atom is -0.343 e. The van der Waals surface area contributed by atoms with Gasteiger partial charge in [0.05, 0.1) is 11.0 Å². The van der Waals surface area contributed by atoms with Gasteiger partial charge >= 0.3 is 11.9 Å². The fourth-order valence-corrected chi connectivity index (χ4v) is 8.28. The lowest BCUT2D eigenvalue weighted by atomic mass is 9.67. The van der Waals surface area contributed by atoms with Crippen molar-refractivity contribution in [2.45, 2.75) is 63.6 Å². The number of aromatic nitrogens is 2. The van der Waals surface area contributed by atoms with Crippen molar-refractivity contribution in [3.8, 4) is 0 Å². The van der Waals surface area contributed by atoms with Crippen molar-refractivity contribution in [3.05, 3.63) is 86.8 Å². The lowest BCUT2D eigenvalue weighted by Crippen LogP contribution is -2.41. The molecular formula is C34H33ClF3N3O2. The number of amides is 1. The lowest BCUT2D eigenvalue weighted by Gasteiger charge is -2.39. The highest BCUT2D eigenvalue weighted by molar-refractivity contribution is 6.36. The summed E-state index contributed by atoms with van der Waals surface area (Å²) < 4.78 is 42.7. The number of carbonyl (C=O) groups excluding carboxylic acids is 1. The quantitative estimate of drug-likeness (QED) is 0.255. The molecule has 1 amide bonds. The minimum absolute atomic E-state index is 0.00986. The maximum absolute atomic E-state index is 13.7. The van der Waals surface area contributed by atoms with Gasteiger partial charge in [0, 0.05) is 42.4 Å². The molecule has 2 atom stereocenters. The number of halogens is 4. The largest absolute Gasteiger partial charge is 0.389 e. The van der Waals surface area contributed by atoms with Crippen LogP contribution in [0.5, 0.6) is 0 Å². The Morgan fingerprint density at radius 3 is 2.58 bits per heavy atom. The van der Waals surface area contributed by atoms with Crippen molar-refractivity contribution in [2.75, 3.05) is 13.1 Å². The number of hydrogen-bond acceptors (Lipinski definition) is 2. The van der Waals surface area contributed by atoms with Gasteiger partial charge in [-0.3, -0.25) is 9.36 Å². The summed E-state index contributed by atoms with van der Waals surface area (Å²) in [6.45, 7) is 1.04. The van der Waals surface area contributed by atoms with Crippen molar-refractivity contribution in [2.24, 2.45) is 11.8 Å². The fraction of sp³-hybridized carbons (Fsp3) is 0.412. The number of carbonyl (C=O) groups is 1. The van der Waals surface area contributed by atoms with Gasteiger partial charge in [-0.05, 0) is 90.6 Å². The molecule has 43 heavy (non-hydrogen) atoms. The Kier molecular flexibility index (Phi) is 7.15. The highest BCUT2D eigenvalue weighted by atomic mass is 35.5. The predicted octanol–water partition coefficient (Wildman–Crippen LogP) is 8.07. The number of aromatic amines is 1. The number of nitrogens with one attached hydrogen (secondary N) is 1. The van der Waals surface area contributed by atoms with E-state index in [1.807, 2.05) is 59.5 Å². The molecular weight excluding hydrogens is 575 g/mol. The van der Waals surface area contributed by atoms with Gasteiger partial charge in [0.15, 0.2) is 0 Å². The number of likely N-dealkylation sites (tertiary alicyclic amines) is 1. The zero-order valence-electron chi connectivity index (χ0n) is 23.7. The summed E-state index contributed by atoms with van der Waals surface area (Å²) in [5.41, 5.74) is 5.75. The third kappa shape index (κ3) is 5.28. The van der Waals surface area contributed by atoms with Crippen molar-refractivity contribution >= 4 is 44.9 Å². The molecule has 2 unspecified atom stereocenters. The molecule has 5 nitrogen and oxygen atoms in total. The van der Waals surface area contributed by atoms with Crippen LogP contribution in [0, 0.1) is 11.8 Å². The van der Waals surface area contributed by atoms with Crippen LogP contribution in [0.15, 0.2) is 65.0 Å². The first-order valence-corrected chi connectivity index (χ1v) is 15.5. The molecule has 1 saturated heterocycles. The normalized spacial score (nSPS) is 21.3. The second-order valence-corrected chi connectivity index (χ2v) is 12.8. The summed E-state index contributed by atoms with van der Waals surface area (Å²) in [6, 6.07) is 17.4. The zero-order chi connectivity index (χ0) is 29.9. The number of hydrogen-bond donors (Lipinski definition) is 1. The highest BCUT2D eigenvalue weighted by Crippen LogP contribution is 2.50. The first-order chi connectivity index (χ1) is 20.7. The van der Waals surface area contributed by atoms with Crippen LogP contribution in [0.4, 0.5) is 13.2 Å². The van der Waals surface area contributed by atoms with E-state index in [9.17, 15) is 22.8 Å². The van der Waals surface area contributed by atoms with Gasteiger partial charge < -0.3 is 9.88 Å². The Morgan fingerprint density at radius 2 is 1.79 bits per heavy atom. The van der Waals surface area contributed by atoms with Crippen molar-refractivity contribution in [3.63, 3.8) is 0 Å². The van der Waals surface area contributed by atoms with E-state index in [-0.39, 0.29) is 30.0 Å². The molecule has 1 N–H and O–H groups in total. The molecule has 7 rings (SSSR count). The van der Waals surface area contributed by atoms with Crippen LogP contribution >= 0.6 is 11.6 Å².